The molecule has 0 amide bonds. The summed E-state index contributed by atoms with van der Waals surface area (Å²) >= 11 is 0. The Morgan fingerprint density at radius 2 is 1.83 bits per heavy atom. The van der Waals surface area contributed by atoms with E-state index in [9.17, 15) is 4.79 Å². The molecule has 114 valence electrons. The van der Waals surface area contributed by atoms with Crippen molar-refractivity contribution in [2.24, 2.45) is 0 Å². The largest absolute Gasteiger partial charge is 0.458 e. The molecule has 0 saturated heterocycles. The highest BCUT2D eigenvalue weighted by molar-refractivity contribution is 5.92. The molecule has 0 aliphatic heterocycles. The van der Waals surface area contributed by atoms with Crippen LogP contribution in [0.15, 0.2) is 72.8 Å². The van der Waals surface area contributed by atoms with E-state index in [2.05, 4.69) is 12.5 Å². The second kappa shape index (κ2) is 8.41. The van der Waals surface area contributed by atoms with Crippen molar-refractivity contribution in [2.75, 3.05) is 6.61 Å². The maximum atomic E-state index is 12.0. The first-order chi connectivity index (χ1) is 11.2. The summed E-state index contributed by atoms with van der Waals surface area (Å²) in [6.45, 7) is 4.10. The molecule has 0 saturated carbocycles. The molecule has 0 aromatic heterocycles. The van der Waals surface area contributed by atoms with Crippen molar-refractivity contribution in [1.29, 1.82) is 0 Å². The number of hydrogen-bond acceptors (Lipinski definition) is 2. The predicted octanol–water partition coefficient (Wildman–Crippen LogP) is 4.48. The molecule has 0 heterocycles. The number of carbonyl (C=O) groups is 1. The van der Waals surface area contributed by atoms with Crippen LogP contribution in [0.25, 0.3) is 6.08 Å². The molecule has 2 heteroatoms. The van der Waals surface area contributed by atoms with Crippen LogP contribution in [0.3, 0.4) is 0 Å². The lowest BCUT2D eigenvalue weighted by molar-refractivity contribution is 0.0538. The Kier molecular flexibility index (Phi) is 5.97. The van der Waals surface area contributed by atoms with Gasteiger partial charge in [-0.05, 0) is 29.7 Å². The van der Waals surface area contributed by atoms with Crippen molar-refractivity contribution in [2.45, 2.75) is 6.42 Å². The number of allylic oxidation sites excluding steroid dienone is 1. The van der Waals surface area contributed by atoms with Gasteiger partial charge in [-0.15, -0.1) is 6.42 Å². The zero-order chi connectivity index (χ0) is 16.5. The van der Waals surface area contributed by atoms with E-state index in [-0.39, 0.29) is 6.61 Å². The summed E-state index contributed by atoms with van der Waals surface area (Å²) in [5, 5.41) is 0. The van der Waals surface area contributed by atoms with Crippen LogP contribution >= 0.6 is 0 Å². The Morgan fingerprint density at radius 3 is 2.57 bits per heavy atom. The number of carbonyl (C=O) groups excluding carboxylic acids is 1. The lowest BCUT2D eigenvalue weighted by Gasteiger charge is -2.07. The smallest absolute Gasteiger partial charge is 0.339 e. The molecule has 0 fully saturated rings. The van der Waals surface area contributed by atoms with Crippen molar-refractivity contribution in [3.05, 3.63) is 89.5 Å². The molecule has 0 aliphatic carbocycles. The summed E-state index contributed by atoms with van der Waals surface area (Å²) in [5.41, 5.74) is 2.89. The maximum Gasteiger partial charge on any atom is 0.339 e. The second-order valence-electron chi connectivity index (χ2n) is 5.03. The second-order valence-corrected chi connectivity index (χ2v) is 5.03. The fourth-order valence-corrected chi connectivity index (χ4v) is 2.02. The number of hydrogen-bond donors (Lipinski definition) is 0. The molecule has 0 spiro atoms. The van der Waals surface area contributed by atoms with Crippen LogP contribution in [0, 0.1) is 12.3 Å². The molecular weight excluding hydrogens is 284 g/mol. The van der Waals surface area contributed by atoms with Gasteiger partial charge in [0.25, 0.3) is 0 Å². The van der Waals surface area contributed by atoms with Crippen LogP contribution in [-0.2, 0) is 4.74 Å². The standard InChI is InChI=1S/C21H18O2/c1-3-19-14-7-8-15-20(19)21(22)23-16-17(2)10-9-13-18-11-5-4-6-12-18/h1,4-9,11-15H,2,10,16H2/b13-9+. The Bertz CT molecular complexity index is 749. The fourth-order valence-electron chi connectivity index (χ4n) is 2.02. The van der Waals surface area contributed by atoms with Crippen molar-refractivity contribution >= 4 is 12.0 Å². The molecule has 2 nitrogen and oxygen atoms in total. The summed E-state index contributed by atoms with van der Waals surface area (Å²) in [5.74, 6) is 2.06. The molecule has 0 radical (unpaired) electrons. The van der Waals surface area contributed by atoms with Crippen LogP contribution in [0.5, 0.6) is 0 Å². The van der Waals surface area contributed by atoms with E-state index < -0.39 is 5.97 Å². The predicted molar refractivity (Wildman–Crippen MR) is 93.9 cm³/mol. The Hall–Kier alpha value is -3.05. The van der Waals surface area contributed by atoms with Crippen LogP contribution in [0.2, 0.25) is 0 Å². The van der Waals surface area contributed by atoms with Crippen LogP contribution < -0.4 is 0 Å². The quantitative estimate of drug-likeness (QED) is 0.446. The minimum Gasteiger partial charge on any atom is -0.458 e. The summed E-state index contributed by atoms with van der Waals surface area (Å²) in [7, 11) is 0. The van der Waals surface area contributed by atoms with E-state index in [1.54, 1.807) is 24.3 Å². The van der Waals surface area contributed by atoms with E-state index >= 15 is 0 Å². The van der Waals surface area contributed by atoms with Gasteiger partial charge in [0.05, 0.1) is 5.56 Å². The third-order valence-corrected chi connectivity index (χ3v) is 3.23. The highest BCUT2D eigenvalue weighted by Gasteiger charge is 2.11. The van der Waals surface area contributed by atoms with Gasteiger partial charge in [-0.1, -0.05) is 67.1 Å². The molecule has 2 aromatic carbocycles. The van der Waals surface area contributed by atoms with Gasteiger partial charge in [0.15, 0.2) is 0 Å². The summed E-state index contributed by atoms with van der Waals surface area (Å²) < 4.78 is 5.27. The zero-order valence-corrected chi connectivity index (χ0v) is 12.9. The van der Waals surface area contributed by atoms with Gasteiger partial charge >= 0.3 is 5.97 Å². The molecular formula is C21H18O2. The van der Waals surface area contributed by atoms with Gasteiger partial charge in [-0.2, -0.15) is 0 Å². The minimum absolute atomic E-state index is 0.177. The van der Waals surface area contributed by atoms with E-state index in [0.29, 0.717) is 17.5 Å². The normalized spacial score (nSPS) is 10.2. The van der Waals surface area contributed by atoms with E-state index in [1.807, 2.05) is 42.5 Å². The van der Waals surface area contributed by atoms with Crippen LogP contribution in [0.4, 0.5) is 0 Å². The van der Waals surface area contributed by atoms with Crippen molar-refractivity contribution in [1.82, 2.24) is 0 Å². The SMILES string of the molecule is C#Cc1ccccc1C(=O)OCC(=C)C/C=C/c1ccccc1. The van der Waals surface area contributed by atoms with Gasteiger partial charge in [0.1, 0.15) is 6.61 Å². The van der Waals surface area contributed by atoms with Crippen molar-refractivity contribution in [3.8, 4) is 12.3 Å². The maximum absolute atomic E-state index is 12.0. The highest BCUT2D eigenvalue weighted by atomic mass is 16.5. The molecule has 2 rings (SSSR count). The minimum atomic E-state index is -0.424. The lowest BCUT2D eigenvalue weighted by Crippen LogP contribution is -2.09. The lowest BCUT2D eigenvalue weighted by atomic mass is 10.1. The van der Waals surface area contributed by atoms with Crippen molar-refractivity contribution in [3.63, 3.8) is 0 Å². The van der Waals surface area contributed by atoms with Gasteiger partial charge in [0, 0.05) is 5.56 Å². The molecule has 0 aliphatic rings. The molecule has 23 heavy (non-hydrogen) atoms. The molecule has 0 bridgehead atoms. The summed E-state index contributed by atoms with van der Waals surface area (Å²) in [6.07, 6.45) is 10.0. The Morgan fingerprint density at radius 1 is 1.13 bits per heavy atom. The Labute approximate surface area is 137 Å². The molecule has 0 atom stereocenters. The monoisotopic (exact) mass is 302 g/mol. The van der Waals surface area contributed by atoms with E-state index in [1.165, 1.54) is 0 Å². The Balaban J connectivity index is 1.84. The molecule has 0 unspecified atom stereocenters. The van der Waals surface area contributed by atoms with E-state index in [0.717, 1.165) is 11.1 Å². The number of rotatable bonds is 6. The van der Waals surface area contributed by atoms with Gasteiger partial charge in [-0.25, -0.2) is 4.79 Å². The first kappa shape index (κ1) is 16.3. The average molecular weight is 302 g/mol. The van der Waals surface area contributed by atoms with Crippen molar-refractivity contribution < 1.29 is 9.53 Å². The van der Waals surface area contributed by atoms with Gasteiger partial charge in [0.2, 0.25) is 0 Å². The van der Waals surface area contributed by atoms with E-state index in [4.69, 9.17) is 11.2 Å². The fraction of sp³-hybridized carbons (Fsp3) is 0.0952. The average Bonchev–Trinajstić information content (AvgIpc) is 2.60. The first-order valence-corrected chi connectivity index (χ1v) is 7.31. The highest BCUT2D eigenvalue weighted by Crippen LogP contribution is 2.11. The summed E-state index contributed by atoms with van der Waals surface area (Å²) in [6, 6.07) is 16.9. The third-order valence-electron chi connectivity index (χ3n) is 3.23. The third kappa shape index (κ3) is 5.01. The first-order valence-electron chi connectivity index (χ1n) is 7.31. The van der Waals surface area contributed by atoms with Crippen LogP contribution in [-0.4, -0.2) is 12.6 Å². The number of ether oxygens (including phenoxy) is 1. The number of terminal acetylenes is 1. The number of esters is 1. The van der Waals surface area contributed by atoms with Crippen LogP contribution in [0.1, 0.15) is 27.9 Å². The number of benzene rings is 2. The van der Waals surface area contributed by atoms with Gasteiger partial charge < -0.3 is 4.74 Å². The zero-order valence-electron chi connectivity index (χ0n) is 12.9. The summed E-state index contributed by atoms with van der Waals surface area (Å²) in [4.78, 5) is 12.0. The molecule has 2 aromatic rings. The van der Waals surface area contributed by atoms with Gasteiger partial charge in [-0.3, -0.25) is 0 Å². The topological polar surface area (TPSA) is 26.3 Å². The molecule has 0 N–H and O–H groups in total.